The zero-order chi connectivity index (χ0) is 19.5. The monoisotopic (exact) mass is 400 g/mol. The summed E-state index contributed by atoms with van der Waals surface area (Å²) in [5.41, 5.74) is 0.0825. The largest absolute Gasteiger partial charge is 0.573 e. The van der Waals surface area contributed by atoms with E-state index in [1.165, 1.54) is 0 Å². The summed E-state index contributed by atoms with van der Waals surface area (Å²) in [4.78, 5) is -0.120. The van der Waals surface area contributed by atoms with E-state index in [0.29, 0.717) is 25.9 Å². The van der Waals surface area contributed by atoms with E-state index in [1.807, 2.05) is 30.3 Å². The molecule has 2 aromatic carbocycles. The highest BCUT2D eigenvalue weighted by atomic mass is 32.2. The number of nitrogens with one attached hydrogen (secondary N) is 2. The SMILES string of the molecule is O=S(=O)(NC1(c2ccccc2)CCNCC1)c1ccc(OC(F)(F)F)cc1. The molecule has 2 aromatic rings. The minimum atomic E-state index is -4.83. The van der Waals surface area contributed by atoms with E-state index in [0.717, 1.165) is 29.8 Å². The number of hydrogen-bond acceptors (Lipinski definition) is 4. The van der Waals surface area contributed by atoms with Gasteiger partial charge < -0.3 is 10.1 Å². The average Bonchev–Trinajstić information content (AvgIpc) is 2.62. The number of benzene rings is 2. The van der Waals surface area contributed by atoms with Crippen molar-refractivity contribution in [2.75, 3.05) is 13.1 Å². The number of hydrogen-bond donors (Lipinski definition) is 2. The van der Waals surface area contributed by atoms with Crippen LogP contribution in [0.3, 0.4) is 0 Å². The summed E-state index contributed by atoms with van der Waals surface area (Å²) < 4.78 is 69.1. The molecule has 0 aromatic heterocycles. The first-order valence-electron chi connectivity index (χ1n) is 8.36. The van der Waals surface area contributed by atoms with Gasteiger partial charge in [0.1, 0.15) is 5.75 Å². The molecule has 1 aliphatic heterocycles. The van der Waals surface area contributed by atoms with E-state index in [2.05, 4.69) is 14.8 Å². The highest BCUT2D eigenvalue weighted by Gasteiger charge is 2.38. The van der Waals surface area contributed by atoms with Crippen molar-refractivity contribution in [1.82, 2.24) is 10.0 Å². The van der Waals surface area contributed by atoms with Crippen LogP contribution in [-0.4, -0.2) is 27.9 Å². The fourth-order valence-electron chi connectivity index (χ4n) is 3.20. The van der Waals surface area contributed by atoms with E-state index in [4.69, 9.17) is 0 Å². The first kappa shape index (κ1) is 19.7. The molecule has 0 amide bonds. The summed E-state index contributed by atoms with van der Waals surface area (Å²) >= 11 is 0. The number of alkyl halides is 3. The van der Waals surface area contributed by atoms with Gasteiger partial charge in [-0.3, -0.25) is 0 Å². The van der Waals surface area contributed by atoms with Crippen LogP contribution in [0.1, 0.15) is 18.4 Å². The van der Waals surface area contributed by atoms with Gasteiger partial charge >= 0.3 is 6.36 Å². The predicted molar refractivity (Wildman–Crippen MR) is 93.7 cm³/mol. The van der Waals surface area contributed by atoms with Crippen molar-refractivity contribution in [2.24, 2.45) is 0 Å². The van der Waals surface area contributed by atoms with Crippen LogP contribution in [0.2, 0.25) is 0 Å². The van der Waals surface area contributed by atoms with Gasteiger partial charge in [-0.2, -0.15) is 0 Å². The Labute approximate surface area is 155 Å². The van der Waals surface area contributed by atoms with Gasteiger partial charge in [-0.25, -0.2) is 13.1 Å². The first-order chi connectivity index (χ1) is 12.7. The molecule has 0 saturated carbocycles. The number of ether oxygens (including phenoxy) is 1. The lowest BCUT2D eigenvalue weighted by atomic mass is 9.82. The zero-order valence-corrected chi connectivity index (χ0v) is 15.1. The third kappa shape index (κ3) is 4.79. The van der Waals surface area contributed by atoms with Crippen molar-refractivity contribution in [2.45, 2.75) is 29.6 Å². The van der Waals surface area contributed by atoms with Crippen molar-refractivity contribution in [3.63, 3.8) is 0 Å². The molecular formula is C18H19F3N2O3S. The molecule has 0 bridgehead atoms. The summed E-state index contributed by atoms with van der Waals surface area (Å²) in [6.45, 7) is 1.30. The standard InChI is InChI=1S/C18H19F3N2O3S/c19-18(20,21)26-15-6-8-16(9-7-15)27(24,25)23-17(10-12-22-13-11-17)14-4-2-1-3-5-14/h1-9,22-23H,10-13H2. The summed E-state index contributed by atoms with van der Waals surface area (Å²) in [7, 11) is -3.94. The molecule has 0 aliphatic carbocycles. The lowest BCUT2D eigenvalue weighted by molar-refractivity contribution is -0.274. The minimum absolute atomic E-state index is 0.120. The van der Waals surface area contributed by atoms with Crippen molar-refractivity contribution >= 4 is 10.0 Å². The lowest BCUT2D eigenvalue weighted by Gasteiger charge is -2.38. The Morgan fingerprint density at radius 3 is 2.11 bits per heavy atom. The fraction of sp³-hybridized carbons (Fsp3) is 0.333. The maximum absolute atomic E-state index is 12.9. The van der Waals surface area contributed by atoms with Crippen LogP contribution in [0.15, 0.2) is 59.5 Å². The third-order valence-corrected chi connectivity index (χ3v) is 6.03. The number of rotatable bonds is 5. The molecular weight excluding hydrogens is 381 g/mol. The summed E-state index contributed by atoms with van der Waals surface area (Å²) in [6.07, 6.45) is -3.71. The van der Waals surface area contributed by atoms with Crippen LogP contribution >= 0.6 is 0 Å². The van der Waals surface area contributed by atoms with Crippen LogP contribution in [0, 0.1) is 0 Å². The molecule has 2 N–H and O–H groups in total. The van der Waals surface area contributed by atoms with Crippen LogP contribution in [0.4, 0.5) is 13.2 Å². The topological polar surface area (TPSA) is 67.4 Å². The van der Waals surface area contributed by atoms with Crippen LogP contribution < -0.4 is 14.8 Å². The minimum Gasteiger partial charge on any atom is -0.406 e. The van der Waals surface area contributed by atoms with Crippen LogP contribution in [-0.2, 0) is 15.6 Å². The Bertz CT molecular complexity index is 863. The normalized spacial score (nSPS) is 17.4. The fourth-order valence-corrected chi connectivity index (χ4v) is 4.65. The van der Waals surface area contributed by atoms with Crippen LogP contribution in [0.25, 0.3) is 0 Å². The Balaban J connectivity index is 1.87. The quantitative estimate of drug-likeness (QED) is 0.809. The smallest absolute Gasteiger partial charge is 0.406 e. The molecule has 27 heavy (non-hydrogen) atoms. The van der Waals surface area contributed by atoms with E-state index < -0.39 is 27.7 Å². The highest BCUT2D eigenvalue weighted by Crippen LogP contribution is 2.33. The second kappa shape index (κ2) is 7.49. The average molecular weight is 400 g/mol. The van der Waals surface area contributed by atoms with Gasteiger partial charge in [0.25, 0.3) is 0 Å². The third-order valence-electron chi connectivity index (χ3n) is 4.48. The second-order valence-corrected chi connectivity index (χ2v) is 8.01. The van der Waals surface area contributed by atoms with Gasteiger partial charge in [0, 0.05) is 0 Å². The molecule has 0 atom stereocenters. The molecule has 0 radical (unpaired) electrons. The Morgan fingerprint density at radius 2 is 1.56 bits per heavy atom. The molecule has 1 heterocycles. The van der Waals surface area contributed by atoms with E-state index in [1.54, 1.807) is 0 Å². The molecule has 3 rings (SSSR count). The van der Waals surface area contributed by atoms with Gasteiger partial charge in [0.15, 0.2) is 0 Å². The second-order valence-electron chi connectivity index (χ2n) is 6.32. The zero-order valence-electron chi connectivity index (χ0n) is 14.3. The van der Waals surface area contributed by atoms with E-state index in [9.17, 15) is 21.6 Å². The van der Waals surface area contributed by atoms with E-state index >= 15 is 0 Å². The molecule has 1 fully saturated rings. The van der Waals surface area contributed by atoms with Crippen molar-refractivity contribution in [3.05, 3.63) is 60.2 Å². The Hall–Kier alpha value is -2.10. The summed E-state index contributed by atoms with van der Waals surface area (Å²) in [5, 5.41) is 3.21. The van der Waals surface area contributed by atoms with Gasteiger partial charge in [0.05, 0.1) is 10.4 Å². The maximum Gasteiger partial charge on any atom is 0.573 e. The lowest BCUT2D eigenvalue weighted by Crippen LogP contribution is -2.52. The van der Waals surface area contributed by atoms with E-state index in [-0.39, 0.29) is 4.90 Å². The predicted octanol–water partition coefficient (Wildman–Crippen LogP) is 3.14. The molecule has 0 spiro atoms. The Morgan fingerprint density at radius 1 is 0.963 bits per heavy atom. The number of sulfonamides is 1. The van der Waals surface area contributed by atoms with Gasteiger partial charge in [0.2, 0.25) is 10.0 Å². The number of halogens is 3. The molecule has 0 unspecified atom stereocenters. The van der Waals surface area contributed by atoms with Gasteiger partial charge in [-0.05, 0) is 55.8 Å². The molecule has 1 aliphatic rings. The van der Waals surface area contributed by atoms with Gasteiger partial charge in [-0.1, -0.05) is 30.3 Å². The first-order valence-corrected chi connectivity index (χ1v) is 9.85. The molecule has 9 heteroatoms. The molecule has 146 valence electrons. The molecule has 1 saturated heterocycles. The van der Waals surface area contributed by atoms with Gasteiger partial charge in [-0.15, -0.1) is 13.2 Å². The van der Waals surface area contributed by atoms with Crippen molar-refractivity contribution in [1.29, 1.82) is 0 Å². The Kier molecular flexibility index (Phi) is 5.45. The maximum atomic E-state index is 12.9. The molecule has 5 nitrogen and oxygen atoms in total. The van der Waals surface area contributed by atoms with Crippen LogP contribution in [0.5, 0.6) is 5.75 Å². The van der Waals surface area contributed by atoms with Crippen molar-refractivity contribution < 1.29 is 26.3 Å². The summed E-state index contributed by atoms with van der Waals surface area (Å²) in [5.74, 6) is -0.471. The summed E-state index contributed by atoms with van der Waals surface area (Å²) in [6, 6.07) is 13.5. The number of piperidine rings is 1. The highest BCUT2D eigenvalue weighted by molar-refractivity contribution is 7.89. The van der Waals surface area contributed by atoms with Crippen molar-refractivity contribution in [3.8, 4) is 5.75 Å².